The summed E-state index contributed by atoms with van der Waals surface area (Å²) in [5.74, 6) is -1.01. The summed E-state index contributed by atoms with van der Waals surface area (Å²) in [6, 6.07) is -0.649. The van der Waals surface area contributed by atoms with Gasteiger partial charge in [-0.1, -0.05) is 12.2 Å². The molecule has 1 atom stereocenters. The van der Waals surface area contributed by atoms with Gasteiger partial charge in [-0.15, -0.1) is 0 Å². The van der Waals surface area contributed by atoms with Crippen LogP contribution < -0.4 is 0 Å². The maximum Gasteiger partial charge on any atom is 0.326 e. The number of carboxylic acids is 1. The lowest BCUT2D eigenvalue weighted by atomic mass is 10.2. The molecule has 0 aromatic carbocycles. The molecule has 1 rings (SSSR count). The molecule has 0 radical (unpaired) electrons. The van der Waals surface area contributed by atoms with Gasteiger partial charge < -0.3 is 10.0 Å². The number of carbonyl (C=O) groups excluding carboxylic acids is 1. The predicted octanol–water partition coefficient (Wildman–Crippen LogP) is 0.638. The van der Waals surface area contributed by atoms with Gasteiger partial charge in [-0.05, 0) is 13.3 Å². The zero-order valence-corrected chi connectivity index (χ0v) is 7.62. The van der Waals surface area contributed by atoms with E-state index in [4.69, 9.17) is 5.11 Å². The van der Waals surface area contributed by atoms with Crippen molar-refractivity contribution in [2.45, 2.75) is 25.8 Å². The average Bonchev–Trinajstić information content (AvgIpc) is 2.32. The Labute approximate surface area is 76.8 Å². The van der Waals surface area contributed by atoms with Gasteiger partial charge >= 0.3 is 5.97 Å². The van der Waals surface area contributed by atoms with Crippen molar-refractivity contribution in [3.8, 4) is 0 Å². The molecule has 1 heterocycles. The average molecular weight is 183 g/mol. The molecule has 0 saturated carbocycles. The lowest BCUT2D eigenvalue weighted by Crippen LogP contribution is -2.39. The number of amides is 1. The zero-order chi connectivity index (χ0) is 10.0. The van der Waals surface area contributed by atoms with E-state index in [1.807, 2.05) is 0 Å². The highest BCUT2D eigenvalue weighted by Gasteiger charge is 2.35. The Balaban J connectivity index is 2.71. The van der Waals surface area contributed by atoms with Gasteiger partial charge in [0.25, 0.3) is 0 Å². The number of hydrogen-bond acceptors (Lipinski definition) is 2. The largest absolute Gasteiger partial charge is 0.480 e. The Morgan fingerprint density at radius 3 is 2.85 bits per heavy atom. The summed E-state index contributed by atoms with van der Waals surface area (Å²) in [6.07, 6.45) is 0.756. The quantitative estimate of drug-likeness (QED) is 0.653. The van der Waals surface area contributed by atoms with Gasteiger partial charge in [-0.25, -0.2) is 4.79 Å². The van der Waals surface area contributed by atoms with E-state index in [-0.39, 0.29) is 5.91 Å². The molecule has 1 aliphatic heterocycles. The van der Waals surface area contributed by atoms with E-state index < -0.39 is 12.0 Å². The molecule has 0 aromatic rings. The van der Waals surface area contributed by atoms with Gasteiger partial charge in [0.2, 0.25) is 5.91 Å². The number of aliphatic carboxylic acids is 1. The third-order valence-electron chi connectivity index (χ3n) is 2.05. The van der Waals surface area contributed by atoms with Crippen LogP contribution in [0.1, 0.15) is 19.8 Å². The van der Waals surface area contributed by atoms with Gasteiger partial charge in [-0.3, -0.25) is 4.79 Å². The molecule has 1 aliphatic rings. The molecule has 1 fully saturated rings. The summed E-state index contributed by atoms with van der Waals surface area (Å²) >= 11 is 0. The maximum absolute atomic E-state index is 11.2. The Kier molecular flexibility index (Phi) is 2.70. The molecule has 4 heteroatoms. The van der Waals surface area contributed by atoms with Gasteiger partial charge in [0.05, 0.1) is 0 Å². The summed E-state index contributed by atoms with van der Waals surface area (Å²) in [5.41, 5.74) is 0.807. The predicted molar refractivity (Wildman–Crippen MR) is 47.2 cm³/mol. The summed E-state index contributed by atoms with van der Waals surface area (Å²) in [4.78, 5) is 23.3. The minimum atomic E-state index is -0.924. The van der Waals surface area contributed by atoms with Crippen LogP contribution in [0.4, 0.5) is 0 Å². The normalized spacial score (nSPS) is 22.1. The number of carbonyl (C=O) groups is 2. The summed E-state index contributed by atoms with van der Waals surface area (Å²) in [7, 11) is 0. The first-order valence-electron chi connectivity index (χ1n) is 4.19. The highest BCUT2D eigenvalue weighted by atomic mass is 16.4. The first-order valence-corrected chi connectivity index (χ1v) is 4.19. The second-order valence-corrected chi connectivity index (χ2v) is 3.37. The second kappa shape index (κ2) is 3.60. The van der Waals surface area contributed by atoms with E-state index in [1.165, 1.54) is 4.90 Å². The molecule has 72 valence electrons. The summed E-state index contributed by atoms with van der Waals surface area (Å²) in [5, 5.41) is 8.79. The summed E-state index contributed by atoms with van der Waals surface area (Å²) in [6.45, 7) is 5.80. The molecule has 0 spiro atoms. The van der Waals surface area contributed by atoms with Crippen molar-refractivity contribution in [3.63, 3.8) is 0 Å². The smallest absolute Gasteiger partial charge is 0.326 e. The van der Waals surface area contributed by atoms with E-state index >= 15 is 0 Å². The van der Waals surface area contributed by atoms with Crippen molar-refractivity contribution >= 4 is 11.9 Å². The van der Waals surface area contributed by atoms with Crippen molar-refractivity contribution in [1.29, 1.82) is 0 Å². The third-order valence-corrected chi connectivity index (χ3v) is 2.05. The minimum Gasteiger partial charge on any atom is -0.480 e. The SMILES string of the molecule is C=C(C)CN1C(=O)CC[C@H]1C(=O)O. The standard InChI is InChI=1S/C9H13NO3/c1-6(2)5-10-7(9(12)13)3-4-8(10)11/h7H,1,3-5H2,2H3,(H,12,13)/t7-/m0/s1. The lowest BCUT2D eigenvalue weighted by Gasteiger charge is -2.21. The summed E-state index contributed by atoms with van der Waals surface area (Å²) < 4.78 is 0. The molecule has 0 aromatic heterocycles. The molecule has 0 aliphatic carbocycles. The van der Waals surface area contributed by atoms with E-state index in [0.717, 1.165) is 5.57 Å². The molecule has 1 saturated heterocycles. The Morgan fingerprint density at radius 2 is 2.38 bits per heavy atom. The minimum absolute atomic E-state index is 0.0876. The lowest BCUT2D eigenvalue weighted by molar-refractivity contribution is -0.145. The van der Waals surface area contributed by atoms with Crippen LogP contribution >= 0.6 is 0 Å². The fraction of sp³-hybridized carbons (Fsp3) is 0.556. The number of rotatable bonds is 3. The Morgan fingerprint density at radius 1 is 1.77 bits per heavy atom. The fourth-order valence-electron chi connectivity index (χ4n) is 1.48. The number of likely N-dealkylation sites (tertiary alicyclic amines) is 1. The van der Waals surface area contributed by atoms with E-state index in [1.54, 1.807) is 6.92 Å². The maximum atomic E-state index is 11.2. The van der Waals surface area contributed by atoms with Crippen molar-refractivity contribution < 1.29 is 14.7 Å². The van der Waals surface area contributed by atoms with E-state index in [9.17, 15) is 9.59 Å². The van der Waals surface area contributed by atoms with Gasteiger partial charge in [-0.2, -0.15) is 0 Å². The van der Waals surface area contributed by atoms with Crippen molar-refractivity contribution in [2.75, 3.05) is 6.54 Å². The zero-order valence-electron chi connectivity index (χ0n) is 7.62. The first kappa shape index (κ1) is 9.77. The van der Waals surface area contributed by atoms with Crippen molar-refractivity contribution in [2.24, 2.45) is 0 Å². The first-order chi connectivity index (χ1) is 6.02. The van der Waals surface area contributed by atoms with Gasteiger partial charge in [0.1, 0.15) is 6.04 Å². The Bertz CT molecular complexity index is 260. The van der Waals surface area contributed by atoms with Crippen LogP contribution in [0.3, 0.4) is 0 Å². The van der Waals surface area contributed by atoms with Crippen molar-refractivity contribution in [1.82, 2.24) is 4.90 Å². The van der Waals surface area contributed by atoms with Crippen LogP contribution in [0.25, 0.3) is 0 Å². The van der Waals surface area contributed by atoms with Gasteiger partial charge in [0, 0.05) is 13.0 Å². The third kappa shape index (κ3) is 2.08. The molecule has 13 heavy (non-hydrogen) atoms. The van der Waals surface area contributed by atoms with Crippen LogP contribution in [-0.4, -0.2) is 34.5 Å². The molecule has 1 amide bonds. The van der Waals surface area contributed by atoms with E-state index in [0.29, 0.717) is 19.4 Å². The van der Waals surface area contributed by atoms with Crippen LogP contribution in [0, 0.1) is 0 Å². The van der Waals surface area contributed by atoms with Gasteiger partial charge in [0.15, 0.2) is 0 Å². The van der Waals surface area contributed by atoms with Crippen LogP contribution in [-0.2, 0) is 9.59 Å². The monoisotopic (exact) mass is 183 g/mol. The van der Waals surface area contributed by atoms with Crippen LogP contribution in [0.5, 0.6) is 0 Å². The molecule has 1 N–H and O–H groups in total. The molecule has 0 bridgehead atoms. The molecular formula is C9H13NO3. The number of carboxylic acid groups (broad SMARTS) is 1. The topological polar surface area (TPSA) is 57.6 Å². The second-order valence-electron chi connectivity index (χ2n) is 3.37. The molecule has 4 nitrogen and oxygen atoms in total. The molecule has 0 unspecified atom stereocenters. The fourth-order valence-corrected chi connectivity index (χ4v) is 1.48. The Hall–Kier alpha value is -1.32. The highest BCUT2D eigenvalue weighted by molar-refractivity contribution is 5.87. The van der Waals surface area contributed by atoms with Crippen LogP contribution in [0.2, 0.25) is 0 Å². The highest BCUT2D eigenvalue weighted by Crippen LogP contribution is 2.19. The number of hydrogen-bond donors (Lipinski definition) is 1. The number of nitrogens with zero attached hydrogens (tertiary/aromatic N) is 1. The van der Waals surface area contributed by atoms with Crippen LogP contribution in [0.15, 0.2) is 12.2 Å². The van der Waals surface area contributed by atoms with Crippen molar-refractivity contribution in [3.05, 3.63) is 12.2 Å². The van der Waals surface area contributed by atoms with E-state index in [2.05, 4.69) is 6.58 Å². The molecular weight excluding hydrogens is 170 g/mol.